The average Bonchev–Trinajstić information content (AvgIpc) is 2.60. The topological polar surface area (TPSA) is 20.7 Å². The fraction of sp³-hybridized carbons (Fsp3) is 0.250. The van der Waals surface area contributed by atoms with Gasteiger partial charge in [0.2, 0.25) is 0 Å². The minimum Gasteiger partial charge on any atom is -0.337 e. The molecular formula is C12H12BrClN2S. The highest BCUT2D eigenvalue weighted by Gasteiger charge is 2.12. The van der Waals surface area contributed by atoms with E-state index in [0.717, 1.165) is 15.9 Å². The van der Waals surface area contributed by atoms with Crippen molar-refractivity contribution in [1.29, 1.82) is 0 Å². The normalized spacial score (nSPS) is 11.1. The van der Waals surface area contributed by atoms with E-state index in [-0.39, 0.29) is 0 Å². The lowest BCUT2D eigenvalue weighted by atomic mass is 10.1. The van der Waals surface area contributed by atoms with E-state index in [2.05, 4.69) is 34.8 Å². The molecule has 2 aromatic rings. The summed E-state index contributed by atoms with van der Waals surface area (Å²) in [5, 5.41) is 0.703. The maximum absolute atomic E-state index is 5.95. The summed E-state index contributed by atoms with van der Waals surface area (Å²) in [4.78, 5) is 3.08. The standard InChI is InChI=1S/C12H12BrClN2S/c1-7(2)11-6-15-12(17)16(11)10-4-3-8(14)5-9(10)13/h3-7H,1-2H3,(H,15,17). The molecule has 0 aliphatic heterocycles. The van der Waals surface area contributed by atoms with Gasteiger partial charge in [0.25, 0.3) is 0 Å². The lowest BCUT2D eigenvalue weighted by Crippen LogP contribution is -2.02. The highest BCUT2D eigenvalue weighted by Crippen LogP contribution is 2.28. The Balaban J connectivity index is 2.68. The number of rotatable bonds is 2. The van der Waals surface area contributed by atoms with Crippen LogP contribution < -0.4 is 0 Å². The Hall–Kier alpha value is -0.580. The van der Waals surface area contributed by atoms with Crippen LogP contribution >= 0.6 is 39.7 Å². The molecule has 0 saturated heterocycles. The van der Waals surface area contributed by atoms with Gasteiger partial charge in [-0.2, -0.15) is 0 Å². The summed E-state index contributed by atoms with van der Waals surface area (Å²) in [6, 6.07) is 5.69. The van der Waals surface area contributed by atoms with E-state index in [0.29, 0.717) is 15.7 Å². The van der Waals surface area contributed by atoms with Gasteiger partial charge in [0.1, 0.15) is 0 Å². The zero-order chi connectivity index (χ0) is 12.6. The molecule has 0 radical (unpaired) electrons. The number of nitrogens with one attached hydrogen (secondary N) is 1. The first-order valence-corrected chi connectivity index (χ1v) is 6.84. The van der Waals surface area contributed by atoms with Gasteiger partial charge in [-0.3, -0.25) is 4.57 Å². The number of hydrogen-bond donors (Lipinski definition) is 1. The summed E-state index contributed by atoms with van der Waals surface area (Å²) in [6.45, 7) is 4.27. The van der Waals surface area contributed by atoms with Crippen molar-refractivity contribution >= 4 is 39.7 Å². The van der Waals surface area contributed by atoms with Crippen LogP contribution in [0.1, 0.15) is 25.5 Å². The summed E-state index contributed by atoms with van der Waals surface area (Å²) < 4.78 is 3.65. The smallest absolute Gasteiger partial charge is 0.182 e. The first-order chi connectivity index (χ1) is 8.00. The third-order valence-corrected chi connectivity index (χ3v) is 3.72. The van der Waals surface area contributed by atoms with Crippen molar-refractivity contribution in [2.75, 3.05) is 0 Å². The van der Waals surface area contributed by atoms with Gasteiger partial charge in [-0.1, -0.05) is 25.4 Å². The predicted molar refractivity (Wildman–Crippen MR) is 77.8 cm³/mol. The van der Waals surface area contributed by atoms with E-state index in [1.165, 1.54) is 0 Å². The molecule has 1 heterocycles. The number of nitrogens with zero attached hydrogens (tertiary/aromatic N) is 1. The minimum atomic E-state index is 0.394. The molecule has 5 heteroatoms. The van der Waals surface area contributed by atoms with Gasteiger partial charge in [0, 0.05) is 21.4 Å². The van der Waals surface area contributed by atoms with E-state index in [9.17, 15) is 0 Å². The van der Waals surface area contributed by atoms with Gasteiger partial charge in [-0.05, 0) is 52.3 Å². The molecule has 0 atom stereocenters. The fourth-order valence-electron chi connectivity index (χ4n) is 1.72. The Kier molecular flexibility index (Phi) is 3.76. The largest absolute Gasteiger partial charge is 0.337 e. The van der Waals surface area contributed by atoms with Crippen molar-refractivity contribution in [1.82, 2.24) is 9.55 Å². The first kappa shape index (κ1) is 12.9. The zero-order valence-corrected chi connectivity index (χ0v) is 12.7. The van der Waals surface area contributed by atoms with Crippen LogP contribution in [-0.2, 0) is 0 Å². The van der Waals surface area contributed by atoms with E-state index >= 15 is 0 Å². The van der Waals surface area contributed by atoms with Gasteiger partial charge < -0.3 is 4.98 Å². The van der Waals surface area contributed by atoms with Crippen molar-refractivity contribution in [3.05, 3.63) is 44.4 Å². The van der Waals surface area contributed by atoms with Crippen molar-refractivity contribution in [3.8, 4) is 5.69 Å². The van der Waals surface area contributed by atoms with Crippen LogP contribution in [0.25, 0.3) is 5.69 Å². The molecule has 0 bridgehead atoms. The second kappa shape index (κ2) is 4.96. The van der Waals surface area contributed by atoms with Crippen LogP contribution in [0.2, 0.25) is 5.02 Å². The van der Waals surface area contributed by atoms with Crippen molar-refractivity contribution < 1.29 is 0 Å². The average molecular weight is 332 g/mol. The lowest BCUT2D eigenvalue weighted by Gasteiger charge is -2.12. The Bertz CT molecular complexity index is 601. The summed E-state index contributed by atoms with van der Waals surface area (Å²) >= 11 is 14.8. The highest BCUT2D eigenvalue weighted by molar-refractivity contribution is 9.10. The van der Waals surface area contributed by atoms with Crippen LogP contribution in [0.3, 0.4) is 0 Å². The maximum Gasteiger partial charge on any atom is 0.182 e. The van der Waals surface area contributed by atoms with Gasteiger partial charge in [-0.25, -0.2) is 0 Å². The van der Waals surface area contributed by atoms with Gasteiger partial charge in [-0.15, -0.1) is 0 Å². The molecule has 0 aliphatic rings. The van der Waals surface area contributed by atoms with Gasteiger partial charge >= 0.3 is 0 Å². The molecule has 17 heavy (non-hydrogen) atoms. The molecule has 0 fully saturated rings. The SMILES string of the molecule is CC(C)c1c[nH]c(=S)n1-c1ccc(Cl)cc1Br. The van der Waals surface area contributed by atoms with Crippen LogP contribution in [0.5, 0.6) is 0 Å². The third-order valence-electron chi connectivity index (χ3n) is 2.55. The molecule has 1 aromatic carbocycles. The van der Waals surface area contributed by atoms with E-state index in [1.54, 1.807) is 0 Å². The van der Waals surface area contributed by atoms with E-state index in [4.69, 9.17) is 23.8 Å². The number of imidazole rings is 1. The summed E-state index contributed by atoms with van der Waals surface area (Å²) in [5.74, 6) is 0.394. The van der Waals surface area contributed by atoms with E-state index in [1.807, 2.05) is 29.0 Å². The van der Waals surface area contributed by atoms with Crippen molar-refractivity contribution in [2.24, 2.45) is 0 Å². The Morgan fingerprint density at radius 2 is 2.12 bits per heavy atom. The van der Waals surface area contributed by atoms with Crippen LogP contribution in [0.15, 0.2) is 28.9 Å². The molecule has 0 amide bonds. The highest BCUT2D eigenvalue weighted by atomic mass is 79.9. The molecule has 1 N–H and O–H groups in total. The second-order valence-electron chi connectivity index (χ2n) is 4.10. The minimum absolute atomic E-state index is 0.394. The number of halogens is 2. The van der Waals surface area contributed by atoms with Gasteiger partial charge in [0.05, 0.1) is 5.69 Å². The molecule has 0 spiro atoms. The van der Waals surface area contributed by atoms with Crippen molar-refractivity contribution in [3.63, 3.8) is 0 Å². The Labute approximate surface area is 119 Å². The quantitative estimate of drug-likeness (QED) is 0.762. The molecule has 90 valence electrons. The molecule has 0 saturated carbocycles. The number of hydrogen-bond acceptors (Lipinski definition) is 1. The number of H-pyrrole nitrogens is 1. The van der Waals surface area contributed by atoms with Gasteiger partial charge in [0.15, 0.2) is 4.77 Å². The van der Waals surface area contributed by atoms with Crippen molar-refractivity contribution in [2.45, 2.75) is 19.8 Å². The molecule has 1 aromatic heterocycles. The van der Waals surface area contributed by atoms with Crippen LogP contribution in [-0.4, -0.2) is 9.55 Å². The molecule has 0 unspecified atom stereocenters. The number of aromatic nitrogens is 2. The number of benzene rings is 1. The van der Waals surface area contributed by atoms with Crippen LogP contribution in [0, 0.1) is 4.77 Å². The lowest BCUT2D eigenvalue weighted by molar-refractivity contribution is 0.782. The molecule has 0 aliphatic carbocycles. The number of aromatic amines is 1. The third kappa shape index (κ3) is 2.49. The molecule has 2 rings (SSSR count). The molecule has 2 nitrogen and oxygen atoms in total. The zero-order valence-electron chi connectivity index (χ0n) is 9.50. The Morgan fingerprint density at radius 3 is 2.71 bits per heavy atom. The summed E-state index contributed by atoms with van der Waals surface area (Å²) in [7, 11) is 0. The molecular weight excluding hydrogens is 320 g/mol. The summed E-state index contributed by atoms with van der Waals surface area (Å²) in [6.07, 6.45) is 1.95. The van der Waals surface area contributed by atoms with Crippen LogP contribution in [0.4, 0.5) is 0 Å². The maximum atomic E-state index is 5.95. The summed E-state index contributed by atoms with van der Waals surface area (Å²) in [5.41, 5.74) is 2.15. The second-order valence-corrected chi connectivity index (χ2v) is 5.78. The van der Waals surface area contributed by atoms with E-state index < -0.39 is 0 Å². The predicted octanol–water partition coefficient (Wildman–Crippen LogP) is 5.07. The monoisotopic (exact) mass is 330 g/mol. The Morgan fingerprint density at radius 1 is 1.41 bits per heavy atom. The first-order valence-electron chi connectivity index (χ1n) is 5.26. The fourth-order valence-corrected chi connectivity index (χ4v) is 2.84.